The van der Waals surface area contributed by atoms with Gasteiger partial charge >= 0.3 is 6.09 Å². The highest BCUT2D eigenvalue weighted by molar-refractivity contribution is 5.90. The monoisotopic (exact) mass is 228 g/mol. The number of rotatable bonds is 1. The van der Waals surface area contributed by atoms with Crippen LogP contribution in [0.5, 0.6) is 0 Å². The van der Waals surface area contributed by atoms with Gasteiger partial charge in [0.25, 0.3) is 0 Å². The van der Waals surface area contributed by atoms with Crippen LogP contribution in [-0.2, 0) is 9.53 Å². The Morgan fingerprint density at radius 3 is 2.62 bits per heavy atom. The lowest BCUT2D eigenvalue weighted by molar-refractivity contribution is -0.125. The molecule has 1 aliphatic rings. The Labute approximate surface area is 95.9 Å². The largest absolute Gasteiger partial charge is 0.444 e. The van der Waals surface area contributed by atoms with Crippen molar-refractivity contribution < 1.29 is 14.3 Å². The predicted molar refractivity (Wildman–Crippen MR) is 60.2 cm³/mol. The average molecular weight is 228 g/mol. The van der Waals surface area contributed by atoms with Crippen molar-refractivity contribution in [1.29, 1.82) is 0 Å². The summed E-state index contributed by atoms with van der Waals surface area (Å²) in [6, 6.07) is -0.474. The van der Waals surface area contributed by atoms with E-state index in [4.69, 9.17) is 4.74 Å². The second-order valence-electron chi connectivity index (χ2n) is 5.16. The summed E-state index contributed by atoms with van der Waals surface area (Å²) in [5.74, 6) is -0.00158. The fraction of sp³-hybridized carbons (Fsp3) is 0.818. The van der Waals surface area contributed by atoms with Crippen molar-refractivity contribution in [3.05, 3.63) is 0 Å². The van der Waals surface area contributed by atoms with E-state index in [9.17, 15) is 9.59 Å². The average Bonchev–Trinajstić information content (AvgIpc) is 2.09. The fourth-order valence-electron chi connectivity index (χ4n) is 1.56. The summed E-state index contributed by atoms with van der Waals surface area (Å²) < 4.78 is 5.09. The van der Waals surface area contributed by atoms with E-state index in [2.05, 4.69) is 10.6 Å². The first-order valence-corrected chi connectivity index (χ1v) is 5.53. The molecule has 1 aliphatic heterocycles. The highest BCUT2D eigenvalue weighted by Gasteiger charge is 2.30. The number of ether oxygens (including phenoxy) is 1. The molecule has 0 radical (unpaired) electrons. The van der Waals surface area contributed by atoms with Gasteiger partial charge in [0, 0.05) is 19.0 Å². The van der Waals surface area contributed by atoms with Crippen molar-refractivity contribution in [2.75, 3.05) is 13.1 Å². The quantitative estimate of drug-likeness (QED) is 0.693. The molecular weight excluding hydrogens is 208 g/mol. The summed E-state index contributed by atoms with van der Waals surface area (Å²) >= 11 is 0. The van der Waals surface area contributed by atoms with Crippen LogP contribution in [-0.4, -0.2) is 36.6 Å². The van der Waals surface area contributed by atoms with Gasteiger partial charge in [0.05, 0.1) is 0 Å². The summed E-state index contributed by atoms with van der Waals surface area (Å²) in [6.07, 6.45) is -0.540. The van der Waals surface area contributed by atoms with E-state index in [-0.39, 0.29) is 11.7 Å². The zero-order valence-electron chi connectivity index (χ0n) is 10.3. The third-order valence-electron chi connectivity index (χ3n) is 2.32. The number of piperidine rings is 1. The molecule has 0 aromatic carbocycles. The van der Waals surface area contributed by atoms with Gasteiger partial charge in [-0.15, -0.1) is 0 Å². The fourth-order valence-corrected chi connectivity index (χ4v) is 1.56. The number of ketones is 1. The zero-order valence-corrected chi connectivity index (χ0v) is 10.3. The summed E-state index contributed by atoms with van der Waals surface area (Å²) in [6.45, 7) is 8.36. The normalized spacial score (nSPS) is 26.4. The summed E-state index contributed by atoms with van der Waals surface area (Å²) in [5, 5.41) is 5.67. The molecule has 1 fully saturated rings. The lowest BCUT2D eigenvalue weighted by atomic mass is 9.96. The van der Waals surface area contributed by atoms with Crippen molar-refractivity contribution in [3.63, 3.8) is 0 Å². The molecule has 92 valence electrons. The first kappa shape index (κ1) is 13.0. The Kier molecular flexibility index (Phi) is 3.91. The molecule has 2 atom stereocenters. The molecule has 5 nitrogen and oxygen atoms in total. The molecule has 2 N–H and O–H groups in total. The Balaban J connectivity index is 2.47. The van der Waals surface area contributed by atoms with Gasteiger partial charge in [-0.3, -0.25) is 4.79 Å². The van der Waals surface area contributed by atoms with Crippen LogP contribution in [0.25, 0.3) is 0 Å². The number of carbonyl (C=O) groups excluding carboxylic acids is 2. The number of carbonyl (C=O) groups is 2. The smallest absolute Gasteiger partial charge is 0.408 e. The second-order valence-corrected chi connectivity index (χ2v) is 5.16. The van der Waals surface area contributed by atoms with Gasteiger partial charge in [-0.05, 0) is 20.8 Å². The number of hydrogen-bond donors (Lipinski definition) is 2. The SMILES string of the molecule is C[C@H]1CNC[C@@H](NC(=O)OC(C)(C)C)C1=O. The van der Waals surface area contributed by atoms with E-state index in [0.29, 0.717) is 13.1 Å². The third kappa shape index (κ3) is 3.81. The van der Waals surface area contributed by atoms with Gasteiger partial charge in [0.1, 0.15) is 11.6 Å². The van der Waals surface area contributed by atoms with E-state index < -0.39 is 17.7 Å². The standard InChI is InChI=1S/C11H20N2O3/c1-7-5-12-6-8(9(7)14)13-10(15)16-11(2,3)4/h7-8,12H,5-6H2,1-4H3,(H,13,15)/t7-,8+/m0/s1. The minimum absolute atomic E-state index is 0.0598. The van der Waals surface area contributed by atoms with Crippen LogP contribution in [0.3, 0.4) is 0 Å². The van der Waals surface area contributed by atoms with Crippen LogP contribution >= 0.6 is 0 Å². The number of alkyl carbamates (subject to hydrolysis) is 1. The van der Waals surface area contributed by atoms with Gasteiger partial charge in [-0.25, -0.2) is 4.79 Å². The van der Waals surface area contributed by atoms with E-state index in [1.807, 2.05) is 6.92 Å². The van der Waals surface area contributed by atoms with E-state index in [1.54, 1.807) is 20.8 Å². The molecule has 1 saturated heterocycles. The molecule has 1 rings (SSSR count). The number of hydrogen-bond acceptors (Lipinski definition) is 4. The Morgan fingerprint density at radius 1 is 1.44 bits per heavy atom. The maximum absolute atomic E-state index is 11.7. The van der Waals surface area contributed by atoms with Crippen molar-refractivity contribution in [2.24, 2.45) is 5.92 Å². The molecule has 0 spiro atoms. The zero-order chi connectivity index (χ0) is 12.3. The summed E-state index contributed by atoms with van der Waals surface area (Å²) in [4.78, 5) is 23.2. The highest BCUT2D eigenvalue weighted by Crippen LogP contribution is 2.09. The molecule has 0 aromatic rings. The van der Waals surface area contributed by atoms with Crippen LogP contribution in [0.15, 0.2) is 0 Å². The van der Waals surface area contributed by atoms with Crippen molar-refractivity contribution >= 4 is 11.9 Å². The van der Waals surface area contributed by atoms with Gasteiger partial charge in [0.15, 0.2) is 5.78 Å². The van der Waals surface area contributed by atoms with Crippen LogP contribution < -0.4 is 10.6 Å². The van der Waals surface area contributed by atoms with Gasteiger partial charge in [0.2, 0.25) is 0 Å². The van der Waals surface area contributed by atoms with Gasteiger partial charge < -0.3 is 15.4 Å². The highest BCUT2D eigenvalue weighted by atomic mass is 16.6. The Bertz CT molecular complexity index is 283. The molecule has 0 saturated carbocycles. The van der Waals surface area contributed by atoms with Crippen LogP contribution in [0.2, 0.25) is 0 Å². The van der Waals surface area contributed by atoms with E-state index in [0.717, 1.165) is 0 Å². The molecule has 0 aromatic heterocycles. The summed E-state index contributed by atoms with van der Waals surface area (Å²) in [7, 11) is 0. The van der Waals surface area contributed by atoms with E-state index in [1.165, 1.54) is 0 Å². The van der Waals surface area contributed by atoms with E-state index >= 15 is 0 Å². The third-order valence-corrected chi connectivity index (χ3v) is 2.32. The molecule has 1 heterocycles. The number of nitrogens with one attached hydrogen (secondary N) is 2. The maximum atomic E-state index is 11.7. The lowest BCUT2D eigenvalue weighted by Gasteiger charge is -2.28. The Morgan fingerprint density at radius 2 is 2.06 bits per heavy atom. The topological polar surface area (TPSA) is 67.4 Å². The predicted octanol–water partition coefficient (Wildman–Crippen LogP) is 0.688. The van der Waals surface area contributed by atoms with Crippen molar-refractivity contribution in [1.82, 2.24) is 10.6 Å². The summed E-state index contributed by atoms with van der Waals surface area (Å²) in [5.41, 5.74) is -0.541. The first-order valence-electron chi connectivity index (χ1n) is 5.53. The van der Waals surface area contributed by atoms with Crippen LogP contribution in [0.1, 0.15) is 27.7 Å². The Hall–Kier alpha value is -1.10. The van der Waals surface area contributed by atoms with Gasteiger partial charge in [-0.2, -0.15) is 0 Å². The maximum Gasteiger partial charge on any atom is 0.408 e. The molecule has 0 unspecified atom stereocenters. The molecule has 0 bridgehead atoms. The molecule has 0 aliphatic carbocycles. The van der Waals surface area contributed by atoms with Crippen LogP contribution in [0, 0.1) is 5.92 Å². The minimum Gasteiger partial charge on any atom is -0.444 e. The van der Waals surface area contributed by atoms with Crippen molar-refractivity contribution in [2.45, 2.75) is 39.3 Å². The van der Waals surface area contributed by atoms with Crippen molar-refractivity contribution in [3.8, 4) is 0 Å². The number of Topliss-reactive ketones (excluding diaryl/α,β-unsaturated/α-hetero) is 1. The van der Waals surface area contributed by atoms with Crippen LogP contribution in [0.4, 0.5) is 4.79 Å². The molecule has 1 amide bonds. The minimum atomic E-state index is -0.541. The lowest BCUT2D eigenvalue weighted by Crippen LogP contribution is -2.55. The molecule has 5 heteroatoms. The number of amides is 1. The molecule has 16 heavy (non-hydrogen) atoms. The van der Waals surface area contributed by atoms with Gasteiger partial charge in [-0.1, -0.05) is 6.92 Å². The molecular formula is C11H20N2O3. The first-order chi connectivity index (χ1) is 7.29. The second kappa shape index (κ2) is 4.82.